The van der Waals surface area contributed by atoms with Crippen LogP contribution in [-0.2, 0) is 4.79 Å². The van der Waals surface area contributed by atoms with Gasteiger partial charge in [-0.1, -0.05) is 0 Å². The topological polar surface area (TPSA) is 99.2 Å². The zero-order valence-corrected chi connectivity index (χ0v) is 10.7. The Morgan fingerprint density at radius 3 is 2.53 bits per heavy atom. The lowest BCUT2D eigenvalue weighted by Crippen LogP contribution is -2.49. The fourth-order valence-corrected chi connectivity index (χ4v) is 2.74. The third-order valence-corrected chi connectivity index (χ3v) is 3.71. The molecule has 2 fully saturated rings. The summed E-state index contributed by atoms with van der Waals surface area (Å²) in [6.07, 6.45) is 6.90. The van der Waals surface area contributed by atoms with Gasteiger partial charge in [0, 0.05) is 24.4 Å². The van der Waals surface area contributed by atoms with E-state index in [0.717, 1.165) is 32.5 Å². The maximum absolute atomic E-state index is 11.3. The van der Waals surface area contributed by atoms with Gasteiger partial charge in [0.2, 0.25) is 0 Å². The van der Waals surface area contributed by atoms with E-state index >= 15 is 0 Å². The lowest BCUT2D eigenvalue weighted by atomic mass is 9.79. The Kier molecular flexibility index (Phi) is 4.78. The number of rotatable bonds is 1. The van der Waals surface area contributed by atoms with Crippen molar-refractivity contribution in [1.82, 2.24) is 26.1 Å². The number of carbonyl (C=O) groups is 1. The second-order valence-corrected chi connectivity index (χ2v) is 4.81. The monoisotopic (exact) mass is 265 g/mol. The highest BCUT2D eigenvalue weighted by Gasteiger charge is 2.48. The largest absolute Gasteiger partial charge is 0.316 e. The van der Waals surface area contributed by atoms with Gasteiger partial charge in [-0.25, -0.2) is 15.4 Å². The first kappa shape index (κ1) is 13.9. The molecule has 2 aliphatic rings. The minimum Gasteiger partial charge on any atom is -0.316 e. The van der Waals surface area contributed by atoms with E-state index in [9.17, 15) is 4.79 Å². The zero-order chi connectivity index (χ0) is 13.6. The van der Waals surface area contributed by atoms with Crippen molar-refractivity contribution in [3.8, 4) is 0 Å². The van der Waals surface area contributed by atoms with E-state index in [2.05, 4.69) is 20.6 Å². The van der Waals surface area contributed by atoms with Crippen LogP contribution in [0.4, 0.5) is 0 Å². The highest BCUT2D eigenvalue weighted by Crippen LogP contribution is 2.37. The number of nitrogens with one attached hydrogen (secondary N) is 3. The minimum atomic E-state index is -0.304. The molecule has 0 aromatic carbocycles. The summed E-state index contributed by atoms with van der Waals surface area (Å²) in [5.41, 5.74) is 1.76. The van der Waals surface area contributed by atoms with E-state index in [-0.39, 0.29) is 17.4 Å². The molecule has 0 aliphatic carbocycles. The van der Waals surface area contributed by atoms with Crippen molar-refractivity contribution < 1.29 is 10.0 Å². The van der Waals surface area contributed by atoms with Crippen LogP contribution in [0.5, 0.6) is 0 Å². The highest BCUT2D eigenvalue weighted by atomic mass is 16.5. The molecule has 4 N–H and O–H groups in total. The van der Waals surface area contributed by atoms with Crippen LogP contribution in [0.15, 0.2) is 24.8 Å². The molecule has 2 saturated heterocycles. The Balaban J connectivity index is 0.000000186. The molecule has 1 aromatic heterocycles. The molecule has 3 rings (SSSR count). The number of hydrogen-bond donors (Lipinski definition) is 4. The number of aromatic nitrogens is 2. The third kappa shape index (κ3) is 3.25. The normalized spacial score (nSPS) is 28.8. The molecule has 3 heterocycles. The van der Waals surface area contributed by atoms with Crippen LogP contribution in [0, 0.1) is 5.41 Å². The lowest BCUT2D eigenvalue weighted by Gasteiger charge is -2.27. The number of hydrogen-bond acceptors (Lipinski definition) is 6. The van der Waals surface area contributed by atoms with E-state index < -0.39 is 0 Å². The van der Waals surface area contributed by atoms with Gasteiger partial charge in [0.25, 0.3) is 5.91 Å². The van der Waals surface area contributed by atoms with Crippen LogP contribution in [0.1, 0.15) is 12.8 Å². The van der Waals surface area contributed by atoms with Crippen LogP contribution in [0.3, 0.4) is 0 Å². The van der Waals surface area contributed by atoms with Gasteiger partial charge < -0.3 is 10.6 Å². The van der Waals surface area contributed by atoms with Gasteiger partial charge in [-0.15, -0.1) is 0 Å². The Labute approximate surface area is 111 Å². The Bertz CT molecular complexity index is 362. The molecule has 7 nitrogen and oxygen atoms in total. The molecule has 0 saturated carbocycles. The molecule has 2 aliphatic heterocycles. The standard InChI is InChI=1S/C8H15N3O2.C4H4N2/c12-7(11-13)6-8(2-4-10-6)1-3-9-5-8;1-2-5-4-6-3-1/h6,9-10,13H,1-5H2,(H,11,12);1-4H. The first-order valence-electron chi connectivity index (χ1n) is 6.36. The SMILES string of the molecule is O=C(NO)C1NCCC12CCNC2.c1cncnc1. The molecule has 7 heteroatoms. The van der Waals surface area contributed by atoms with E-state index in [1.807, 2.05) is 0 Å². The lowest BCUT2D eigenvalue weighted by molar-refractivity contribution is -0.133. The molecule has 1 amide bonds. The van der Waals surface area contributed by atoms with Crippen molar-refractivity contribution in [2.24, 2.45) is 5.41 Å². The van der Waals surface area contributed by atoms with Gasteiger partial charge in [0.1, 0.15) is 6.33 Å². The van der Waals surface area contributed by atoms with Crippen molar-refractivity contribution in [2.75, 3.05) is 19.6 Å². The van der Waals surface area contributed by atoms with Gasteiger partial charge in [0.05, 0.1) is 6.04 Å². The number of hydroxylamine groups is 1. The Hall–Kier alpha value is -1.57. The summed E-state index contributed by atoms with van der Waals surface area (Å²) in [7, 11) is 0. The summed E-state index contributed by atoms with van der Waals surface area (Å²) in [6.45, 7) is 2.70. The molecule has 2 atom stereocenters. The zero-order valence-electron chi connectivity index (χ0n) is 10.7. The summed E-state index contributed by atoms with van der Waals surface area (Å²) in [6, 6.07) is 1.55. The van der Waals surface area contributed by atoms with Gasteiger partial charge in [-0.05, 0) is 32.0 Å². The summed E-state index contributed by atoms with van der Waals surface area (Å²) >= 11 is 0. The van der Waals surface area contributed by atoms with Gasteiger partial charge in [-0.3, -0.25) is 10.0 Å². The van der Waals surface area contributed by atoms with E-state index in [4.69, 9.17) is 5.21 Å². The predicted molar refractivity (Wildman–Crippen MR) is 68.3 cm³/mol. The summed E-state index contributed by atoms with van der Waals surface area (Å²) in [5.74, 6) is -0.304. The van der Waals surface area contributed by atoms with Crippen molar-refractivity contribution >= 4 is 5.91 Å². The van der Waals surface area contributed by atoms with Crippen molar-refractivity contribution in [2.45, 2.75) is 18.9 Å². The minimum absolute atomic E-state index is 0.0345. The Morgan fingerprint density at radius 2 is 2.05 bits per heavy atom. The first-order chi connectivity index (χ1) is 9.28. The Morgan fingerprint density at radius 1 is 1.32 bits per heavy atom. The van der Waals surface area contributed by atoms with Crippen molar-refractivity contribution in [3.05, 3.63) is 24.8 Å². The number of nitrogens with zero attached hydrogens (tertiary/aromatic N) is 2. The van der Waals surface area contributed by atoms with Gasteiger partial charge in [-0.2, -0.15) is 0 Å². The van der Waals surface area contributed by atoms with E-state index in [1.165, 1.54) is 6.33 Å². The second-order valence-electron chi connectivity index (χ2n) is 4.81. The summed E-state index contributed by atoms with van der Waals surface area (Å²) < 4.78 is 0. The molecule has 104 valence electrons. The van der Waals surface area contributed by atoms with Gasteiger partial charge in [0.15, 0.2) is 0 Å². The van der Waals surface area contributed by atoms with E-state index in [1.54, 1.807) is 23.9 Å². The molecule has 1 spiro atoms. The smallest absolute Gasteiger partial charge is 0.261 e. The van der Waals surface area contributed by atoms with Crippen LogP contribution in [0.25, 0.3) is 0 Å². The fraction of sp³-hybridized carbons (Fsp3) is 0.583. The first-order valence-corrected chi connectivity index (χ1v) is 6.36. The average Bonchev–Trinajstić information content (AvgIpc) is 3.11. The highest BCUT2D eigenvalue weighted by molar-refractivity contribution is 5.82. The maximum atomic E-state index is 11.3. The number of amides is 1. The van der Waals surface area contributed by atoms with Crippen LogP contribution in [0.2, 0.25) is 0 Å². The third-order valence-electron chi connectivity index (χ3n) is 3.71. The molecular weight excluding hydrogens is 246 g/mol. The number of carbonyl (C=O) groups excluding carboxylic acids is 1. The van der Waals surface area contributed by atoms with Crippen molar-refractivity contribution in [1.29, 1.82) is 0 Å². The predicted octanol–water partition coefficient (Wildman–Crippen LogP) is -0.690. The quantitative estimate of drug-likeness (QED) is 0.396. The average molecular weight is 265 g/mol. The summed E-state index contributed by atoms with van der Waals surface area (Å²) in [5, 5.41) is 15.0. The maximum Gasteiger partial charge on any atom is 0.261 e. The molecular formula is C12H19N5O2. The van der Waals surface area contributed by atoms with Gasteiger partial charge >= 0.3 is 0 Å². The van der Waals surface area contributed by atoms with Crippen LogP contribution < -0.4 is 16.1 Å². The van der Waals surface area contributed by atoms with Crippen molar-refractivity contribution in [3.63, 3.8) is 0 Å². The van der Waals surface area contributed by atoms with E-state index in [0.29, 0.717) is 0 Å². The molecule has 0 bridgehead atoms. The summed E-state index contributed by atoms with van der Waals surface area (Å²) in [4.78, 5) is 18.7. The molecule has 1 aromatic rings. The fourth-order valence-electron chi connectivity index (χ4n) is 2.74. The molecule has 0 radical (unpaired) electrons. The molecule has 19 heavy (non-hydrogen) atoms. The van der Waals surface area contributed by atoms with Crippen LogP contribution in [-0.4, -0.2) is 46.8 Å². The van der Waals surface area contributed by atoms with Crippen LogP contribution >= 0.6 is 0 Å². The second kappa shape index (κ2) is 6.55. The molecule has 2 unspecified atom stereocenters.